The van der Waals surface area contributed by atoms with Crippen LogP contribution in [0.2, 0.25) is 10.0 Å². The van der Waals surface area contributed by atoms with Crippen LogP contribution in [-0.4, -0.2) is 18.5 Å². The van der Waals surface area contributed by atoms with Gasteiger partial charge in [-0.3, -0.25) is 4.79 Å². The molecular formula is C22H25Cl2FN2O. The third kappa shape index (κ3) is 6.11. The van der Waals surface area contributed by atoms with Crippen molar-refractivity contribution in [3.63, 3.8) is 0 Å². The van der Waals surface area contributed by atoms with Crippen LogP contribution in [0.15, 0.2) is 42.5 Å². The fourth-order valence-corrected chi connectivity index (χ4v) is 3.87. The third-order valence-electron chi connectivity index (χ3n) is 5.13. The minimum atomic E-state index is -0.267. The zero-order valence-corrected chi connectivity index (χ0v) is 17.3. The predicted octanol–water partition coefficient (Wildman–Crippen LogP) is 5.98. The highest BCUT2D eigenvalue weighted by molar-refractivity contribution is 6.42. The third-order valence-corrected chi connectivity index (χ3v) is 5.87. The number of carbonyl (C=O) groups is 1. The number of carbonyl (C=O) groups excluding carboxylic acids is 1. The van der Waals surface area contributed by atoms with E-state index in [9.17, 15) is 9.18 Å². The van der Waals surface area contributed by atoms with Crippen molar-refractivity contribution in [2.24, 2.45) is 0 Å². The summed E-state index contributed by atoms with van der Waals surface area (Å²) in [4.78, 5) is 14.5. The molecule has 0 aliphatic heterocycles. The van der Waals surface area contributed by atoms with Gasteiger partial charge in [0, 0.05) is 31.2 Å². The topological polar surface area (TPSA) is 32.3 Å². The Morgan fingerprint density at radius 1 is 1.04 bits per heavy atom. The Morgan fingerprint density at radius 2 is 1.75 bits per heavy atom. The number of halogens is 3. The van der Waals surface area contributed by atoms with Crippen molar-refractivity contribution in [3.05, 3.63) is 63.9 Å². The quantitative estimate of drug-likeness (QED) is 0.594. The van der Waals surface area contributed by atoms with Crippen LogP contribution in [0.3, 0.4) is 0 Å². The molecule has 0 aromatic heterocycles. The summed E-state index contributed by atoms with van der Waals surface area (Å²) < 4.78 is 13.2. The molecule has 150 valence electrons. The number of nitrogens with zero attached hydrogens (tertiary/aromatic N) is 1. The molecule has 1 aliphatic carbocycles. The zero-order chi connectivity index (χ0) is 19.9. The van der Waals surface area contributed by atoms with Crippen LogP contribution >= 0.6 is 23.2 Å². The summed E-state index contributed by atoms with van der Waals surface area (Å²) >= 11 is 12.2. The maximum atomic E-state index is 13.2. The average molecular weight is 423 g/mol. The van der Waals surface area contributed by atoms with E-state index in [1.54, 1.807) is 24.3 Å². The molecule has 0 unspecified atom stereocenters. The minimum Gasteiger partial charge on any atom is -0.367 e. The fourth-order valence-electron chi connectivity index (χ4n) is 3.57. The molecule has 0 heterocycles. The first-order valence-corrected chi connectivity index (χ1v) is 10.5. The first-order chi connectivity index (χ1) is 13.5. The fraction of sp³-hybridized carbons (Fsp3) is 0.409. The Balaban J connectivity index is 1.67. The Hall–Kier alpha value is -1.78. The van der Waals surface area contributed by atoms with Crippen molar-refractivity contribution in [1.82, 2.24) is 5.32 Å². The van der Waals surface area contributed by atoms with Gasteiger partial charge in [0.25, 0.3) is 0 Å². The molecule has 1 amide bonds. The number of hydrogen-bond acceptors (Lipinski definition) is 2. The number of benzene rings is 2. The van der Waals surface area contributed by atoms with Gasteiger partial charge < -0.3 is 10.2 Å². The van der Waals surface area contributed by atoms with Gasteiger partial charge in [-0.2, -0.15) is 0 Å². The largest absolute Gasteiger partial charge is 0.367 e. The number of anilines is 1. The van der Waals surface area contributed by atoms with E-state index in [1.165, 1.54) is 31.4 Å². The predicted molar refractivity (Wildman–Crippen MR) is 114 cm³/mol. The standard InChI is InChI=1S/C22H25Cl2FN2O/c23-20-11-10-19(14-21(20)24)27(15-16-6-8-17(25)9-7-16)13-12-22(28)26-18-4-2-1-3-5-18/h6-11,14,18H,1-5,12-13,15H2,(H,26,28). The van der Waals surface area contributed by atoms with Crippen LogP contribution in [0, 0.1) is 5.82 Å². The molecule has 0 radical (unpaired) electrons. The lowest BCUT2D eigenvalue weighted by Gasteiger charge is -2.27. The molecule has 2 aromatic rings. The summed E-state index contributed by atoms with van der Waals surface area (Å²) in [7, 11) is 0. The molecule has 1 aliphatic rings. The van der Waals surface area contributed by atoms with E-state index in [0.29, 0.717) is 35.6 Å². The SMILES string of the molecule is O=C(CCN(Cc1ccc(F)cc1)c1ccc(Cl)c(Cl)c1)NC1CCCCC1. The summed E-state index contributed by atoms with van der Waals surface area (Å²) in [6.07, 6.45) is 6.15. The van der Waals surface area contributed by atoms with Crippen molar-refractivity contribution in [1.29, 1.82) is 0 Å². The van der Waals surface area contributed by atoms with Gasteiger partial charge in [0.15, 0.2) is 0 Å². The van der Waals surface area contributed by atoms with E-state index < -0.39 is 0 Å². The van der Waals surface area contributed by atoms with Gasteiger partial charge in [-0.25, -0.2) is 4.39 Å². The smallest absolute Gasteiger partial charge is 0.221 e. The Morgan fingerprint density at radius 3 is 2.43 bits per heavy atom. The molecule has 3 rings (SSSR count). The summed E-state index contributed by atoms with van der Waals surface area (Å²) in [6.45, 7) is 1.09. The van der Waals surface area contributed by atoms with Crippen LogP contribution in [-0.2, 0) is 11.3 Å². The normalized spacial score (nSPS) is 14.7. The minimum absolute atomic E-state index is 0.0658. The van der Waals surface area contributed by atoms with E-state index in [0.717, 1.165) is 24.1 Å². The van der Waals surface area contributed by atoms with Crippen molar-refractivity contribution < 1.29 is 9.18 Å². The summed E-state index contributed by atoms with van der Waals surface area (Å²) in [5.74, 6) is -0.201. The molecule has 3 nitrogen and oxygen atoms in total. The summed E-state index contributed by atoms with van der Waals surface area (Å²) in [6, 6.07) is 12.1. The van der Waals surface area contributed by atoms with Crippen molar-refractivity contribution >= 4 is 34.8 Å². The van der Waals surface area contributed by atoms with E-state index >= 15 is 0 Å². The van der Waals surface area contributed by atoms with Crippen molar-refractivity contribution in [3.8, 4) is 0 Å². The number of hydrogen-bond donors (Lipinski definition) is 1. The highest BCUT2D eigenvalue weighted by Crippen LogP contribution is 2.28. The van der Waals surface area contributed by atoms with Crippen LogP contribution in [0.5, 0.6) is 0 Å². The first-order valence-electron chi connectivity index (χ1n) is 9.75. The summed E-state index contributed by atoms with van der Waals surface area (Å²) in [5.41, 5.74) is 1.84. The number of amides is 1. The Labute approximate surface area is 175 Å². The van der Waals surface area contributed by atoms with E-state index in [2.05, 4.69) is 10.2 Å². The lowest BCUT2D eigenvalue weighted by atomic mass is 9.95. The molecule has 1 saturated carbocycles. The maximum absolute atomic E-state index is 13.2. The molecule has 2 aromatic carbocycles. The molecule has 6 heteroatoms. The molecule has 0 atom stereocenters. The van der Waals surface area contributed by atoms with Crippen LogP contribution in [0.25, 0.3) is 0 Å². The van der Waals surface area contributed by atoms with Crippen LogP contribution < -0.4 is 10.2 Å². The van der Waals surface area contributed by atoms with Crippen molar-refractivity contribution in [2.45, 2.75) is 51.1 Å². The average Bonchev–Trinajstić information content (AvgIpc) is 2.69. The van der Waals surface area contributed by atoms with Crippen molar-refractivity contribution in [2.75, 3.05) is 11.4 Å². The lowest BCUT2D eigenvalue weighted by Crippen LogP contribution is -2.38. The molecule has 0 bridgehead atoms. The van der Waals surface area contributed by atoms with Gasteiger partial charge in [0.1, 0.15) is 5.82 Å². The van der Waals surface area contributed by atoms with E-state index in [4.69, 9.17) is 23.2 Å². The van der Waals surface area contributed by atoms with E-state index in [1.807, 2.05) is 6.07 Å². The zero-order valence-electron chi connectivity index (χ0n) is 15.8. The van der Waals surface area contributed by atoms with Gasteiger partial charge >= 0.3 is 0 Å². The van der Waals surface area contributed by atoms with Crippen LogP contribution in [0.1, 0.15) is 44.1 Å². The second-order valence-corrected chi connectivity index (χ2v) is 8.11. The van der Waals surface area contributed by atoms with Gasteiger partial charge in [0.2, 0.25) is 5.91 Å². The number of rotatable bonds is 7. The monoisotopic (exact) mass is 422 g/mol. The van der Waals surface area contributed by atoms with E-state index in [-0.39, 0.29) is 11.7 Å². The van der Waals surface area contributed by atoms with Gasteiger partial charge in [0.05, 0.1) is 10.0 Å². The Kier molecular flexibility index (Phi) is 7.57. The molecule has 28 heavy (non-hydrogen) atoms. The molecule has 1 N–H and O–H groups in total. The lowest BCUT2D eigenvalue weighted by molar-refractivity contribution is -0.121. The van der Waals surface area contributed by atoms with Gasteiger partial charge in [-0.05, 0) is 48.7 Å². The second kappa shape index (κ2) is 10.1. The molecule has 0 saturated heterocycles. The summed E-state index contributed by atoms with van der Waals surface area (Å²) in [5, 5.41) is 4.11. The highest BCUT2D eigenvalue weighted by Gasteiger charge is 2.17. The first kappa shape index (κ1) is 20.9. The highest BCUT2D eigenvalue weighted by atomic mass is 35.5. The van der Waals surface area contributed by atoms with Gasteiger partial charge in [-0.15, -0.1) is 0 Å². The molecule has 0 spiro atoms. The number of nitrogens with one attached hydrogen (secondary N) is 1. The Bertz CT molecular complexity index is 792. The second-order valence-electron chi connectivity index (χ2n) is 7.30. The maximum Gasteiger partial charge on any atom is 0.221 e. The van der Waals surface area contributed by atoms with Crippen LogP contribution in [0.4, 0.5) is 10.1 Å². The molecular weight excluding hydrogens is 398 g/mol. The molecule has 1 fully saturated rings. The van der Waals surface area contributed by atoms with Gasteiger partial charge in [-0.1, -0.05) is 54.6 Å².